The summed E-state index contributed by atoms with van der Waals surface area (Å²) in [5.41, 5.74) is 1.74. The number of nitrogens with one attached hydrogen (secondary N) is 2. The highest BCUT2D eigenvalue weighted by Gasteiger charge is 2.16. The maximum atomic E-state index is 12.7. The quantitative estimate of drug-likeness (QED) is 0.590. The van der Waals surface area contributed by atoms with Crippen LogP contribution in [0.4, 0.5) is 4.79 Å². The van der Waals surface area contributed by atoms with E-state index in [0.29, 0.717) is 16.6 Å². The zero-order valence-electron chi connectivity index (χ0n) is 13.9. The smallest absolute Gasteiger partial charge is 0.327 e. The molecule has 0 spiro atoms. The first-order chi connectivity index (χ1) is 12.1. The zero-order valence-corrected chi connectivity index (χ0v) is 13.9. The Labute approximate surface area is 142 Å². The fourth-order valence-corrected chi connectivity index (χ4v) is 2.89. The summed E-state index contributed by atoms with van der Waals surface area (Å²) in [4.78, 5) is 29.3. The highest BCUT2D eigenvalue weighted by atomic mass is 16.2. The van der Waals surface area contributed by atoms with E-state index in [1.165, 1.54) is 15.4 Å². The lowest BCUT2D eigenvalue weighted by atomic mass is 10.2. The summed E-state index contributed by atoms with van der Waals surface area (Å²) in [6.45, 7) is 3.79. The molecule has 0 unspecified atom stereocenters. The van der Waals surface area contributed by atoms with Gasteiger partial charge in [0.05, 0.1) is 16.6 Å². The number of carbonyl (C=O) groups is 1. The fourth-order valence-electron chi connectivity index (χ4n) is 2.89. The minimum atomic E-state index is -0.248. The molecule has 0 saturated heterocycles. The average molecular weight is 335 g/mol. The normalized spacial score (nSPS) is 11.5. The first kappa shape index (κ1) is 15.2. The maximum absolute atomic E-state index is 12.7. The number of aromatic nitrogens is 4. The summed E-state index contributed by atoms with van der Waals surface area (Å²) < 4.78 is 2.93. The molecule has 7 heteroatoms. The molecule has 3 heterocycles. The number of hydrogen-bond donors (Lipinski definition) is 2. The molecule has 0 atom stereocenters. The lowest BCUT2D eigenvalue weighted by Gasteiger charge is -2.09. The number of para-hydroxylation sites is 1. The molecule has 4 aromatic rings. The highest BCUT2D eigenvalue weighted by molar-refractivity contribution is 6.04. The van der Waals surface area contributed by atoms with E-state index in [2.05, 4.69) is 15.4 Å². The fraction of sp³-hybridized carbons (Fsp3) is 0.167. The summed E-state index contributed by atoms with van der Waals surface area (Å²) >= 11 is 0. The van der Waals surface area contributed by atoms with Crippen molar-refractivity contribution in [1.82, 2.24) is 24.6 Å². The van der Waals surface area contributed by atoms with Crippen LogP contribution in [0.5, 0.6) is 0 Å². The predicted octanol–water partition coefficient (Wildman–Crippen LogP) is 2.63. The van der Waals surface area contributed by atoms with E-state index in [1.54, 1.807) is 12.3 Å². The van der Waals surface area contributed by atoms with Crippen molar-refractivity contribution in [3.8, 4) is 5.69 Å². The first-order valence-corrected chi connectivity index (χ1v) is 8.03. The lowest BCUT2D eigenvalue weighted by molar-refractivity contribution is 0.241. The van der Waals surface area contributed by atoms with E-state index in [-0.39, 0.29) is 17.6 Å². The molecule has 0 saturated carbocycles. The Balaban J connectivity index is 1.92. The molecule has 4 rings (SSSR count). The van der Waals surface area contributed by atoms with E-state index < -0.39 is 0 Å². The molecule has 2 N–H and O–H groups in total. The largest absolute Gasteiger partial charge is 0.335 e. The maximum Gasteiger partial charge on any atom is 0.327 e. The van der Waals surface area contributed by atoms with Crippen LogP contribution < -0.4 is 10.9 Å². The Hall–Kier alpha value is -3.35. The van der Waals surface area contributed by atoms with Gasteiger partial charge in [-0.25, -0.2) is 14.5 Å². The molecule has 7 nitrogen and oxygen atoms in total. The second-order valence-corrected chi connectivity index (χ2v) is 6.16. The van der Waals surface area contributed by atoms with E-state index in [1.807, 2.05) is 44.2 Å². The molecule has 0 aliphatic carbocycles. The van der Waals surface area contributed by atoms with Gasteiger partial charge in [0.1, 0.15) is 5.65 Å². The number of nitrogens with zero attached hydrogens (tertiary/aromatic N) is 3. The van der Waals surface area contributed by atoms with Crippen LogP contribution in [0.1, 0.15) is 13.8 Å². The third kappa shape index (κ3) is 2.40. The number of carbonyl (C=O) groups excluding carboxylic acids is 1. The third-order valence-electron chi connectivity index (χ3n) is 4.02. The van der Waals surface area contributed by atoms with Crippen molar-refractivity contribution in [2.45, 2.75) is 19.9 Å². The number of pyridine rings is 1. The molecule has 126 valence electrons. The van der Waals surface area contributed by atoms with Crippen LogP contribution in [-0.2, 0) is 0 Å². The Morgan fingerprint density at radius 2 is 1.92 bits per heavy atom. The van der Waals surface area contributed by atoms with Gasteiger partial charge in [-0.1, -0.05) is 18.2 Å². The highest BCUT2D eigenvalue weighted by Crippen LogP contribution is 2.22. The average Bonchev–Trinajstić information content (AvgIpc) is 3.16. The van der Waals surface area contributed by atoms with Gasteiger partial charge in [0.2, 0.25) is 0 Å². The molecule has 0 radical (unpaired) electrons. The molecule has 1 aromatic carbocycles. The lowest BCUT2D eigenvalue weighted by Crippen LogP contribution is -2.33. The van der Waals surface area contributed by atoms with E-state index in [9.17, 15) is 9.59 Å². The number of fused-ring (bicyclic) bond motifs is 3. The summed E-state index contributed by atoms with van der Waals surface area (Å²) in [5.74, 6) is 0. The minimum absolute atomic E-state index is 0.0210. The molecular formula is C18H17N5O2. The number of aromatic amines is 1. The number of amides is 1. The van der Waals surface area contributed by atoms with E-state index >= 15 is 0 Å². The summed E-state index contributed by atoms with van der Waals surface area (Å²) in [5, 5.41) is 7.18. The summed E-state index contributed by atoms with van der Waals surface area (Å²) in [6, 6.07) is 10.9. The summed E-state index contributed by atoms with van der Waals surface area (Å²) in [6.07, 6.45) is 3.17. The molecule has 0 fully saturated rings. The van der Waals surface area contributed by atoms with E-state index in [4.69, 9.17) is 0 Å². The van der Waals surface area contributed by atoms with Gasteiger partial charge in [0.25, 0.3) is 5.56 Å². The topological polar surface area (TPSA) is 84.7 Å². The molecule has 0 aliphatic rings. The molecule has 0 aliphatic heterocycles. The Morgan fingerprint density at radius 3 is 2.64 bits per heavy atom. The van der Waals surface area contributed by atoms with Crippen molar-refractivity contribution in [1.29, 1.82) is 0 Å². The van der Waals surface area contributed by atoms with Crippen LogP contribution in [0, 0.1) is 0 Å². The van der Waals surface area contributed by atoms with Crippen LogP contribution in [0.25, 0.3) is 27.6 Å². The SMILES string of the molecule is CC(C)NC(=O)n1ccc2c3[nH]n(-c4ccccc4)c(=O)c3cnc21. The van der Waals surface area contributed by atoms with Gasteiger partial charge in [0, 0.05) is 23.8 Å². The third-order valence-corrected chi connectivity index (χ3v) is 4.02. The van der Waals surface area contributed by atoms with Crippen LogP contribution in [0.2, 0.25) is 0 Å². The van der Waals surface area contributed by atoms with E-state index in [0.717, 1.165) is 11.1 Å². The van der Waals surface area contributed by atoms with Crippen LogP contribution in [0.3, 0.4) is 0 Å². The second kappa shape index (κ2) is 5.62. The molecule has 1 amide bonds. The van der Waals surface area contributed by atoms with Crippen molar-refractivity contribution < 1.29 is 4.79 Å². The number of hydrogen-bond acceptors (Lipinski definition) is 3. The standard InChI is InChI=1S/C18H17N5O2/c1-11(2)20-18(25)22-9-8-13-15-14(10-19-16(13)22)17(24)23(21-15)12-6-4-3-5-7-12/h3-11,21H,1-2H3,(H,20,25). The van der Waals surface area contributed by atoms with Crippen molar-refractivity contribution in [2.24, 2.45) is 0 Å². The molecule has 0 bridgehead atoms. The predicted molar refractivity (Wildman–Crippen MR) is 96.3 cm³/mol. The van der Waals surface area contributed by atoms with Crippen LogP contribution >= 0.6 is 0 Å². The monoisotopic (exact) mass is 335 g/mol. The van der Waals surface area contributed by atoms with Gasteiger partial charge in [-0.15, -0.1) is 0 Å². The minimum Gasteiger partial charge on any atom is -0.335 e. The van der Waals surface area contributed by atoms with Gasteiger partial charge in [-0.3, -0.25) is 14.5 Å². The number of rotatable bonds is 2. The molecular weight excluding hydrogens is 318 g/mol. The van der Waals surface area contributed by atoms with Gasteiger partial charge in [-0.2, -0.15) is 0 Å². The van der Waals surface area contributed by atoms with Crippen molar-refractivity contribution in [3.63, 3.8) is 0 Å². The van der Waals surface area contributed by atoms with Crippen molar-refractivity contribution in [2.75, 3.05) is 0 Å². The van der Waals surface area contributed by atoms with Gasteiger partial charge in [0.15, 0.2) is 0 Å². The van der Waals surface area contributed by atoms with Gasteiger partial charge >= 0.3 is 6.03 Å². The van der Waals surface area contributed by atoms with Crippen LogP contribution in [-0.4, -0.2) is 31.4 Å². The Morgan fingerprint density at radius 1 is 1.16 bits per heavy atom. The van der Waals surface area contributed by atoms with Gasteiger partial charge < -0.3 is 5.32 Å². The van der Waals surface area contributed by atoms with Crippen LogP contribution in [0.15, 0.2) is 53.6 Å². The molecule has 3 aromatic heterocycles. The Kier molecular flexibility index (Phi) is 3.42. The van der Waals surface area contributed by atoms with Crippen molar-refractivity contribution >= 4 is 28.0 Å². The van der Waals surface area contributed by atoms with Crippen molar-refractivity contribution in [3.05, 3.63) is 59.1 Å². The summed E-state index contributed by atoms with van der Waals surface area (Å²) in [7, 11) is 0. The Bertz CT molecular complexity index is 1130. The zero-order chi connectivity index (χ0) is 17.6. The second-order valence-electron chi connectivity index (χ2n) is 6.16. The molecule has 25 heavy (non-hydrogen) atoms. The number of H-pyrrole nitrogens is 1. The van der Waals surface area contributed by atoms with Gasteiger partial charge in [-0.05, 0) is 32.0 Å². The first-order valence-electron chi connectivity index (χ1n) is 8.03. The number of benzene rings is 1.